The number of nitrogens with one attached hydrogen (secondary N) is 1. The normalized spacial score (nSPS) is 12.2. The molecule has 1 unspecified atom stereocenters. The molecular weight excluding hydrogens is 408 g/mol. The number of aliphatic hydroxyl groups excluding tert-OH is 1. The number of aliphatic hydroxyl groups is 1. The van der Waals surface area contributed by atoms with Gasteiger partial charge >= 0.3 is 0 Å². The third kappa shape index (κ3) is 7.09. The molecule has 1 atom stereocenters. The van der Waals surface area contributed by atoms with E-state index in [-0.39, 0.29) is 5.75 Å². The van der Waals surface area contributed by atoms with E-state index in [0.29, 0.717) is 0 Å². The summed E-state index contributed by atoms with van der Waals surface area (Å²) in [5.41, 5.74) is 3.34. The predicted octanol–water partition coefficient (Wildman–Crippen LogP) is 4.60. The van der Waals surface area contributed by atoms with Gasteiger partial charge in [0.15, 0.2) is 5.16 Å². The maximum absolute atomic E-state index is 9.98. The number of unbranched alkanes of at least 4 members (excludes halogenated alkanes) is 1. The molecule has 0 aliphatic rings. The van der Waals surface area contributed by atoms with Gasteiger partial charge in [-0.2, -0.15) is 0 Å². The number of aryl methyl sites for hydroxylation is 2. The largest absolute Gasteiger partial charge is 0.508 e. The Morgan fingerprint density at radius 3 is 2.71 bits per heavy atom. The highest BCUT2D eigenvalue weighted by Crippen LogP contribution is 2.27. The first-order valence-corrected chi connectivity index (χ1v) is 11.9. The van der Waals surface area contributed by atoms with Gasteiger partial charge < -0.3 is 10.2 Å². The van der Waals surface area contributed by atoms with Crippen molar-refractivity contribution in [3.05, 3.63) is 65.5 Å². The Hall–Kier alpha value is -2.35. The number of benzene rings is 2. The summed E-state index contributed by atoms with van der Waals surface area (Å²) in [5, 5.41) is 32.8. The van der Waals surface area contributed by atoms with Crippen LogP contribution in [0.4, 0.5) is 0 Å². The molecular formula is C24H32N4O2S. The van der Waals surface area contributed by atoms with Crippen LogP contribution in [0.3, 0.4) is 0 Å². The van der Waals surface area contributed by atoms with Crippen LogP contribution in [0.15, 0.2) is 53.7 Å². The number of phenols is 1. The van der Waals surface area contributed by atoms with Crippen molar-refractivity contribution in [2.24, 2.45) is 0 Å². The van der Waals surface area contributed by atoms with Crippen LogP contribution in [-0.4, -0.2) is 37.8 Å². The molecule has 3 N–H and O–H groups in total. The zero-order valence-corrected chi connectivity index (χ0v) is 19.1. The van der Waals surface area contributed by atoms with Gasteiger partial charge in [-0.05, 0) is 56.8 Å². The molecule has 3 rings (SSSR count). The first-order chi connectivity index (χ1) is 15.1. The Morgan fingerprint density at radius 1 is 1.10 bits per heavy atom. The van der Waals surface area contributed by atoms with Crippen LogP contribution in [0.5, 0.6) is 5.75 Å². The van der Waals surface area contributed by atoms with E-state index in [1.165, 1.54) is 11.1 Å². The average molecular weight is 441 g/mol. The highest BCUT2D eigenvalue weighted by Gasteiger charge is 2.15. The first-order valence-electron chi connectivity index (χ1n) is 10.9. The van der Waals surface area contributed by atoms with E-state index in [4.69, 9.17) is 0 Å². The predicted molar refractivity (Wildman–Crippen MR) is 126 cm³/mol. The fourth-order valence-electron chi connectivity index (χ4n) is 3.43. The van der Waals surface area contributed by atoms with E-state index >= 15 is 0 Å². The number of aromatic nitrogens is 3. The van der Waals surface area contributed by atoms with Gasteiger partial charge in [-0.1, -0.05) is 54.6 Å². The molecule has 2 aromatic carbocycles. The number of hydrogen-bond acceptors (Lipinski definition) is 6. The van der Waals surface area contributed by atoms with Crippen molar-refractivity contribution in [2.45, 2.75) is 63.1 Å². The molecule has 0 bridgehead atoms. The number of hydrogen-bond donors (Lipinski definition) is 3. The Bertz CT molecular complexity index is 960. The van der Waals surface area contributed by atoms with Gasteiger partial charge in [0.05, 0.1) is 5.69 Å². The Labute approximate surface area is 188 Å². The van der Waals surface area contributed by atoms with Gasteiger partial charge in [0.2, 0.25) is 0 Å². The monoisotopic (exact) mass is 440 g/mol. The molecule has 1 aromatic heterocycles. The quantitative estimate of drug-likeness (QED) is 0.217. The molecule has 0 amide bonds. The minimum Gasteiger partial charge on any atom is -0.508 e. The van der Waals surface area contributed by atoms with Crippen molar-refractivity contribution < 1.29 is 10.2 Å². The Kier molecular flexibility index (Phi) is 8.94. The maximum Gasteiger partial charge on any atom is 0.196 e. The summed E-state index contributed by atoms with van der Waals surface area (Å²) < 4.78 is 2.03. The summed E-state index contributed by atoms with van der Waals surface area (Å²) in [4.78, 5) is 0. The second-order valence-electron chi connectivity index (χ2n) is 7.75. The van der Waals surface area contributed by atoms with E-state index in [9.17, 15) is 10.2 Å². The summed E-state index contributed by atoms with van der Waals surface area (Å²) >= 11 is 1.64. The molecule has 6 nitrogen and oxygen atoms in total. The lowest BCUT2D eigenvalue weighted by atomic mass is 10.1. The summed E-state index contributed by atoms with van der Waals surface area (Å²) in [7, 11) is 0. The molecule has 0 aliphatic heterocycles. The van der Waals surface area contributed by atoms with Gasteiger partial charge in [-0.15, -0.1) is 10.2 Å². The molecule has 3 aromatic rings. The number of aromatic hydroxyl groups is 1. The van der Waals surface area contributed by atoms with Gasteiger partial charge in [-0.3, -0.25) is 9.88 Å². The highest BCUT2D eigenvalue weighted by atomic mass is 32.2. The number of thioether (sulfide) groups is 1. The fraction of sp³-hybridized carbons (Fsp3) is 0.417. The molecule has 0 saturated carbocycles. The summed E-state index contributed by atoms with van der Waals surface area (Å²) in [5.74, 6) is 1.89. The van der Waals surface area contributed by atoms with Crippen LogP contribution in [-0.2, 0) is 12.2 Å². The van der Waals surface area contributed by atoms with E-state index in [2.05, 4.69) is 53.6 Å². The third-order valence-corrected chi connectivity index (χ3v) is 6.00. The van der Waals surface area contributed by atoms with Gasteiger partial charge in [-0.25, -0.2) is 0 Å². The van der Waals surface area contributed by atoms with Crippen molar-refractivity contribution >= 4 is 11.8 Å². The zero-order valence-electron chi connectivity index (χ0n) is 18.3. The summed E-state index contributed by atoms with van der Waals surface area (Å²) in [6, 6.07) is 15.7. The van der Waals surface area contributed by atoms with E-state index < -0.39 is 6.23 Å². The van der Waals surface area contributed by atoms with Crippen molar-refractivity contribution in [2.75, 3.05) is 6.54 Å². The Morgan fingerprint density at radius 2 is 1.94 bits per heavy atom. The van der Waals surface area contributed by atoms with E-state index in [0.717, 1.165) is 61.1 Å². The van der Waals surface area contributed by atoms with Crippen LogP contribution in [0.2, 0.25) is 0 Å². The Balaban J connectivity index is 1.70. The topological polar surface area (TPSA) is 83.2 Å². The van der Waals surface area contributed by atoms with Crippen LogP contribution >= 0.6 is 11.8 Å². The standard InChI is InChI=1S/C24H32N4O2S/c1-3-14-25-23(30)13-5-4-12-22-26-27-24(28(22)20-10-7-11-21(29)16-20)31-17-19-9-6-8-18(2)15-19/h6-11,15-16,23,25,29-30H,3-5,12-14,17H2,1-2H3. The van der Waals surface area contributed by atoms with Crippen molar-refractivity contribution in [1.82, 2.24) is 20.1 Å². The zero-order chi connectivity index (χ0) is 22.1. The molecule has 31 heavy (non-hydrogen) atoms. The molecule has 166 valence electrons. The SMILES string of the molecule is CCCNC(O)CCCCc1nnc(SCc2cccc(C)c2)n1-c1cccc(O)c1. The van der Waals surface area contributed by atoms with Crippen molar-refractivity contribution in [1.29, 1.82) is 0 Å². The van der Waals surface area contributed by atoms with Gasteiger partial charge in [0, 0.05) is 18.2 Å². The van der Waals surface area contributed by atoms with Crippen LogP contribution in [0.1, 0.15) is 49.6 Å². The smallest absolute Gasteiger partial charge is 0.196 e. The highest BCUT2D eigenvalue weighted by molar-refractivity contribution is 7.98. The molecule has 0 spiro atoms. The number of rotatable bonds is 12. The van der Waals surface area contributed by atoms with E-state index in [1.807, 2.05) is 16.7 Å². The van der Waals surface area contributed by atoms with Gasteiger partial charge in [0.1, 0.15) is 17.8 Å². The second-order valence-corrected chi connectivity index (χ2v) is 8.69. The summed E-state index contributed by atoms with van der Waals surface area (Å²) in [6.07, 6.45) is 3.83. The molecule has 0 saturated heterocycles. The first kappa shape index (κ1) is 23.3. The van der Waals surface area contributed by atoms with Crippen molar-refractivity contribution in [3.8, 4) is 11.4 Å². The van der Waals surface area contributed by atoms with Crippen LogP contribution in [0, 0.1) is 6.92 Å². The molecule has 0 aliphatic carbocycles. The van der Waals surface area contributed by atoms with Crippen LogP contribution < -0.4 is 5.32 Å². The van der Waals surface area contributed by atoms with Crippen molar-refractivity contribution in [3.63, 3.8) is 0 Å². The number of phenolic OH excluding ortho intramolecular Hbond substituents is 1. The lowest BCUT2D eigenvalue weighted by Crippen LogP contribution is -2.29. The number of nitrogens with zero attached hydrogens (tertiary/aromatic N) is 3. The maximum atomic E-state index is 9.98. The molecule has 7 heteroatoms. The average Bonchev–Trinajstić information content (AvgIpc) is 3.16. The molecule has 0 radical (unpaired) electrons. The third-order valence-electron chi connectivity index (χ3n) is 5.00. The molecule has 1 heterocycles. The summed E-state index contributed by atoms with van der Waals surface area (Å²) in [6.45, 7) is 5.01. The minimum atomic E-state index is -0.454. The molecule has 0 fully saturated rings. The fourth-order valence-corrected chi connectivity index (χ4v) is 4.34. The van der Waals surface area contributed by atoms with Gasteiger partial charge in [0.25, 0.3) is 0 Å². The lowest BCUT2D eigenvalue weighted by molar-refractivity contribution is 0.125. The minimum absolute atomic E-state index is 0.219. The lowest BCUT2D eigenvalue weighted by Gasteiger charge is -2.13. The van der Waals surface area contributed by atoms with E-state index in [1.54, 1.807) is 23.9 Å². The second kappa shape index (κ2) is 11.9. The van der Waals surface area contributed by atoms with Crippen LogP contribution in [0.25, 0.3) is 5.69 Å².